The summed E-state index contributed by atoms with van der Waals surface area (Å²) in [7, 11) is 0.343. The van der Waals surface area contributed by atoms with Crippen molar-refractivity contribution in [2.24, 2.45) is 0 Å². The molecule has 0 spiro atoms. The van der Waals surface area contributed by atoms with Crippen molar-refractivity contribution in [3.8, 4) is 0 Å². The molecule has 204 valence electrons. The summed E-state index contributed by atoms with van der Waals surface area (Å²) in [4.78, 5) is 22.6. The Morgan fingerprint density at radius 3 is 2.38 bits per heavy atom. The number of rotatable bonds is 8. The highest BCUT2D eigenvalue weighted by Crippen LogP contribution is 2.32. The predicted molar refractivity (Wildman–Crippen MR) is 158 cm³/mol. The Labute approximate surface area is 234 Å². The van der Waals surface area contributed by atoms with Crippen LogP contribution in [-0.2, 0) is 23.0 Å². The first kappa shape index (κ1) is 27.5. The summed E-state index contributed by atoms with van der Waals surface area (Å²) in [6, 6.07) is 18.5. The van der Waals surface area contributed by atoms with Crippen LogP contribution in [0.2, 0.25) is 0 Å². The van der Waals surface area contributed by atoms with Crippen LogP contribution in [0.3, 0.4) is 0 Å². The van der Waals surface area contributed by atoms with E-state index < -0.39 is 10.0 Å². The van der Waals surface area contributed by atoms with Crippen LogP contribution in [0.25, 0.3) is 10.2 Å². The Bertz CT molecular complexity index is 1570. The Kier molecular flexibility index (Phi) is 7.87. The molecule has 1 aromatic heterocycles. The van der Waals surface area contributed by atoms with Gasteiger partial charge in [0.1, 0.15) is 0 Å². The number of carbonyl (C=O) groups excluding carboxylic acids is 1. The van der Waals surface area contributed by atoms with Gasteiger partial charge in [-0.3, -0.25) is 9.69 Å². The molecule has 1 aliphatic rings. The third kappa shape index (κ3) is 5.77. The first-order valence-electron chi connectivity index (χ1n) is 13.1. The number of anilines is 1. The van der Waals surface area contributed by atoms with Gasteiger partial charge in [0.05, 0.1) is 15.1 Å². The number of carbonyl (C=O) groups is 1. The monoisotopic (exact) mass is 562 g/mol. The number of amides is 1. The number of thiazole rings is 1. The maximum absolute atomic E-state index is 13.8. The molecular formula is C30H34N4O3S2. The standard InChI is InChI=1S/C30H34N4O3S2/c1-21-18-27-28(19-22(21)2)38-30(31-27)34(16-7-15-32(3)4)29(35)24-10-12-26(13-11-24)39(36,37)33-17-14-23-8-5-6-9-25(23)20-33/h5-6,8-13,18-19H,7,14-17,20H2,1-4H3. The van der Waals surface area contributed by atoms with Crippen LogP contribution in [0.4, 0.5) is 5.13 Å². The van der Waals surface area contributed by atoms with E-state index in [1.807, 2.05) is 32.3 Å². The number of hydrogen-bond acceptors (Lipinski definition) is 6. The molecule has 0 aliphatic carbocycles. The van der Waals surface area contributed by atoms with E-state index in [0.717, 1.165) is 28.7 Å². The molecule has 0 atom stereocenters. The van der Waals surface area contributed by atoms with Crippen LogP contribution in [-0.4, -0.2) is 62.2 Å². The third-order valence-electron chi connectivity index (χ3n) is 7.29. The van der Waals surface area contributed by atoms with Crippen molar-refractivity contribution in [2.45, 2.75) is 38.1 Å². The normalized spacial score (nSPS) is 14.1. The summed E-state index contributed by atoms with van der Waals surface area (Å²) in [5.41, 5.74) is 5.91. The molecule has 3 aromatic carbocycles. The van der Waals surface area contributed by atoms with E-state index in [1.165, 1.54) is 32.3 Å². The van der Waals surface area contributed by atoms with Gasteiger partial charge in [0.15, 0.2) is 5.13 Å². The van der Waals surface area contributed by atoms with Gasteiger partial charge in [0.2, 0.25) is 10.0 Å². The maximum Gasteiger partial charge on any atom is 0.260 e. The van der Waals surface area contributed by atoms with Crippen LogP contribution in [0.1, 0.15) is 39.0 Å². The molecule has 9 heteroatoms. The summed E-state index contributed by atoms with van der Waals surface area (Å²) in [6.07, 6.45) is 1.48. The van der Waals surface area contributed by atoms with E-state index in [9.17, 15) is 13.2 Å². The van der Waals surface area contributed by atoms with Crippen molar-refractivity contribution in [3.63, 3.8) is 0 Å². The summed E-state index contributed by atoms with van der Waals surface area (Å²) in [5, 5.41) is 0.655. The molecule has 0 N–H and O–H groups in total. The van der Waals surface area contributed by atoms with E-state index in [2.05, 4.69) is 36.9 Å². The molecule has 0 bridgehead atoms. The highest BCUT2D eigenvalue weighted by atomic mass is 32.2. The number of aromatic nitrogens is 1. The van der Waals surface area contributed by atoms with Gasteiger partial charge >= 0.3 is 0 Å². The van der Waals surface area contributed by atoms with Gasteiger partial charge in [-0.25, -0.2) is 13.4 Å². The first-order valence-corrected chi connectivity index (χ1v) is 15.4. The molecule has 39 heavy (non-hydrogen) atoms. The molecular weight excluding hydrogens is 528 g/mol. The number of benzene rings is 3. The molecule has 0 unspecified atom stereocenters. The molecule has 1 amide bonds. The zero-order valence-corrected chi connectivity index (χ0v) is 24.5. The summed E-state index contributed by atoms with van der Waals surface area (Å²) >= 11 is 1.51. The lowest BCUT2D eigenvalue weighted by Gasteiger charge is -2.28. The lowest BCUT2D eigenvalue weighted by Crippen LogP contribution is -2.36. The summed E-state index contributed by atoms with van der Waals surface area (Å²) in [5.74, 6) is -0.183. The van der Waals surface area contributed by atoms with Crippen molar-refractivity contribution in [1.82, 2.24) is 14.2 Å². The average Bonchev–Trinajstić information content (AvgIpc) is 3.32. The van der Waals surface area contributed by atoms with E-state index in [0.29, 0.717) is 36.8 Å². The van der Waals surface area contributed by atoms with Crippen LogP contribution in [0.5, 0.6) is 0 Å². The molecule has 1 aliphatic heterocycles. The Hall–Kier alpha value is -3.11. The van der Waals surface area contributed by atoms with Crippen molar-refractivity contribution >= 4 is 42.6 Å². The number of fused-ring (bicyclic) bond motifs is 2. The van der Waals surface area contributed by atoms with Crippen LogP contribution in [0, 0.1) is 13.8 Å². The minimum atomic E-state index is -3.68. The van der Waals surface area contributed by atoms with Gasteiger partial charge in [-0.05, 0) is 106 Å². The minimum absolute atomic E-state index is 0.183. The molecule has 2 heterocycles. The lowest BCUT2D eigenvalue weighted by molar-refractivity contribution is 0.0986. The smallest absolute Gasteiger partial charge is 0.260 e. The molecule has 0 saturated carbocycles. The second kappa shape index (κ2) is 11.2. The Morgan fingerprint density at radius 1 is 0.974 bits per heavy atom. The highest BCUT2D eigenvalue weighted by Gasteiger charge is 2.29. The fourth-order valence-electron chi connectivity index (χ4n) is 4.86. The van der Waals surface area contributed by atoms with Crippen molar-refractivity contribution < 1.29 is 13.2 Å². The van der Waals surface area contributed by atoms with E-state index in [4.69, 9.17) is 4.98 Å². The first-order chi connectivity index (χ1) is 18.6. The molecule has 5 rings (SSSR count). The zero-order chi connectivity index (χ0) is 27.7. The fourth-order valence-corrected chi connectivity index (χ4v) is 7.35. The van der Waals surface area contributed by atoms with E-state index in [1.54, 1.807) is 29.2 Å². The minimum Gasteiger partial charge on any atom is -0.309 e. The van der Waals surface area contributed by atoms with E-state index >= 15 is 0 Å². The Morgan fingerprint density at radius 2 is 1.67 bits per heavy atom. The molecule has 0 fully saturated rings. The van der Waals surface area contributed by atoms with Gasteiger partial charge in [0.25, 0.3) is 5.91 Å². The van der Waals surface area contributed by atoms with Crippen molar-refractivity contribution in [2.75, 3.05) is 38.6 Å². The van der Waals surface area contributed by atoms with Gasteiger partial charge < -0.3 is 4.90 Å². The zero-order valence-electron chi connectivity index (χ0n) is 22.8. The van der Waals surface area contributed by atoms with Crippen molar-refractivity contribution in [3.05, 3.63) is 88.5 Å². The van der Waals surface area contributed by atoms with Gasteiger partial charge in [-0.2, -0.15) is 4.31 Å². The second-order valence-electron chi connectivity index (χ2n) is 10.4. The molecule has 0 saturated heterocycles. The summed E-state index contributed by atoms with van der Waals surface area (Å²) < 4.78 is 29.4. The van der Waals surface area contributed by atoms with Gasteiger partial charge in [-0.1, -0.05) is 35.6 Å². The predicted octanol–water partition coefficient (Wildman–Crippen LogP) is 5.26. The van der Waals surface area contributed by atoms with Crippen molar-refractivity contribution in [1.29, 1.82) is 0 Å². The number of nitrogens with zero attached hydrogens (tertiary/aromatic N) is 4. The number of hydrogen-bond donors (Lipinski definition) is 0. The van der Waals surface area contributed by atoms with Crippen LogP contribution >= 0.6 is 11.3 Å². The Balaban J connectivity index is 1.40. The fraction of sp³-hybridized carbons (Fsp3) is 0.333. The topological polar surface area (TPSA) is 73.8 Å². The SMILES string of the molecule is Cc1cc2nc(N(CCCN(C)C)C(=O)c3ccc(S(=O)(=O)N4CCc5ccccc5C4)cc3)sc2cc1C. The number of aryl methyl sites for hydroxylation is 2. The largest absolute Gasteiger partial charge is 0.309 e. The molecule has 7 nitrogen and oxygen atoms in total. The second-order valence-corrected chi connectivity index (χ2v) is 13.3. The molecule has 0 radical (unpaired) electrons. The lowest BCUT2D eigenvalue weighted by atomic mass is 10.0. The molecule has 4 aromatic rings. The van der Waals surface area contributed by atoms with E-state index in [-0.39, 0.29) is 10.8 Å². The summed E-state index contributed by atoms with van der Waals surface area (Å²) in [6.45, 7) is 6.29. The maximum atomic E-state index is 13.8. The van der Waals surface area contributed by atoms with Gasteiger partial charge in [0, 0.05) is 25.2 Å². The highest BCUT2D eigenvalue weighted by molar-refractivity contribution is 7.89. The third-order valence-corrected chi connectivity index (χ3v) is 10.2. The van der Waals surface area contributed by atoms with Crippen LogP contribution < -0.4 is 4.90 Å². The average molecular weight is 563 g/mol. The van der Waals surface area contributed by atoms with Crippen LogP contribution in [0.15, 0.2) is 65.6 Å². The quantitative estimate of drug-likeness (QED) is 0.293. The number of sulfonamides is 1. The van der Waals surface area contributed by atoms with Gasteiger partial charge in [-0.15, -0.1) is 0 Å².